The van der Waals surface area contributed by atoms with Crippen molar-refractivity contribution >= 4 is 5.91 Å². The Morgan fingerprint density at radius 3 is 2.29 bits per heavy atom. The largest absolute Gasteiger partial charge is 0.416 e. The first-order valence-electron chi connectivity index (χ1n) is 11.0. The molecule has 0 unspecified atom stereocenters. The molecule has 2 aliphatic rings. The summed E-state index contributed by atoms with van der Waals surface area (Å²) in [6.07, 6.45) is -0.512. The van der Waals surface area contributed by atoms with E-state index in [1.165, 1.54) is 30.5 Å². The van der Waals surface area contributed by atoms with Crippen LogP contribution >= 0.6 is 0 Å². The monoisotopic (exact) mass is 430 g/mol. The third kappa shape index (κ3) is 5.88. The average Bonchev–Trinajstić information content (AvgIpc) is 3.53. The van der Waals surface area contributed by atoms with Crippen LogP contribution in [0.5, 0.6) is 0 Å². The molecular formula is C25H29F3N2O. The SMILES string of the molecule is CN(CC1CC1)C(=O)C1CN(Cc2ccc(CCc3cccc(C(F)(F)F)c3)cc2)C1. The number of nitrogens with zero attached hydrogens (tertiary/aromatic N) is 2. The van der Waals surface area contributed by atoms with Crippen LogP contribution in [-0.4, -0.2) is 42.4 Å². The Bertz CT molecular complexity index is 900. The average molecular weight is 431 g/mol. The van der Waals surface area contributed by atoms with Crippen molar-refractivity contribution < 1.29 is 18.0 Å². The fourth-order valence-corrected chi connectivity index (χ4v) is 4.21. The van der Waals surface area contributed by atoms with E-state index in [1.807, 2.05) is 11.9 Å². The van der Waals surface area contributed by atoms with Gasteiger partial charge in [-0.15, -0.1) is 0 Å². The summed E-state index contributed by atoms with van der Waals surface area (Å²) in [5, 5.41) is 0. The lowest BCUT2D eigenvalue weighted by molar-refractivity contribution is -0.140. The van der Waals surface area contributed by atoms with Crippen molar-refractivity contribution in [1.29, 1.82) is 0 Å². The van der Waals surface area contributed by atoms with Crippen LogP contribution in [0.15, 0.2) is 48.5 Å². The normalized spacial score (nSPS) is 17.4. The molecule has 6 heteroatoms. The van der Waals surface area contributed by atoms with Gasteiger partial charge in [0.25, 0.3) is 0 Å². The summed E-state index contributed by atoms with van der Waals surface area (Å²) in [5.74, 6) is 1.11. The van der Waals surface area contributed by atoms with E-state index in [0.29, 0.717) is 18.4 Å². The molecule has 2 aromatic rings. The highest BCUT2D eigenvalue weighted by atomic mass is 19.4. The van der Waals surface area contributed by atoms with E-state index in [1.54, 1.807) is 6.07 Å². The summed E-state index contributed by atoms with van der Waals surface area (Å²) >= 11 is 0. The van der Waals surface area contributed by atoms with Crippen molar-refractivity contribution in [3.8, 4) is 0 Å². The van der Waals surface area contributed by atoms with E-state index in [4.69, 9.17) is 0 Å². The third-order valence-electron chi connectivity index (χ3n) is 6.30. The summed E-state index contributed by atoms with van der Waals surface area (Å²) in [7, 11) is 1.92. The van der Waals surface area contributed by atoms with Crippen molar-refractivity contribution in [3.05, 3.63) is 70.8 Å². The maximum Gasteiger partial charge on any atom is 0.416 e. The number of rotatable bonds is 8. The molecule has 0 spiro atoms. The molecule has 1 aliphatic heterocycles. The smallest absolute Gasteiger partial charge is 0.345 e. The van der Waals surface area contributed by atoms with E-state index in [0.717, 1.165) is 43.7 Å². The second-order valence-corrected chi connectivity index (χ2v) is 9.07. The van der Waals surface area contributed by atoms with Gasteiger partial charge in [0.15, 0.2) is 0 Å². The van der Waals surface area contributed by atoms with E-state index in [9.17, 15) is 18.0 Å². The number of amides is 1. The van der Waals surface area contributed by atoms with Crippen LogP contribution in [0.2, 0.25) is 0 Å². The second-order valence-electron chi connectivity index (χ2n) is 9.07. The minimum absolute atomic E-state index is 0.121. The zero-order chi connectivity index (χ0) is 22.0. The number of aryl methyl sites for hydroxylation is 2. The van der Waals surface area contributed by atoms with Crippen LogP contribution in [0.25, 0.3) is 0 Å². The Labute approximate surface area is 181 Å². The van der Waals surface area contributed by atoms with Gasteiger partial charge in [-0.05, 0) is 54.4 Å². The van der Waals surface area contributed by atoms with Gasteiger partial charge in [-0.3, -0.25) is 9.69 Å². The maximum absolute atomic E-state index is 12.8. The van der Waals surface area contributed by atoms with Crippen LogP contribution in [0.4, 0.5) is 13.2 Å². The molecule has 0 N–H and O–H groups in total. The zero-order valence-corrected chi connectivity index (χ0v) is 17.9. The number of alkyl halides is 3. The molecule has 1 saturated carbocycles. The number of carbonyl (C=O) groups is 1. The molecule has 0 atom stereocenters. The Morgan fingerprint density at radius 2 is 1.65 bits per heavy atom. The minimum Gasteiger partial charge on any atom is -0.345 e. The molecule has 1 amide bonds. The highest BCUT2D eigenvalue weighted by Crippen LogP contribution is 2.31. The molecule has 0 bridgehead atoms. The molecule has 166 valence electrons. The van der Waals surface area contributed by atoms with Crippen molar-refractivity contribution in [1.82, 2.24) is 9.80 Å². The van der Waals surface area contributed by atoms with Gasteiger partial charge in [0.2, 0.25) is 5.91 Å². The van der Waals surface area contributed by atoms with Gasteiger partial charge in [-0.2, -0.15) is 13.2 Å². The van der Waals surface area contributed by atoms with E-state index >= 15 is 0 Å². The van der Waals surface area contributed by atoms with E-state index in [2.05, 4.69) is 29.2 Å². The predicted molar refractivity (Wildman–Crippen MR) is 114 cm³/mol. The highest BCUT2D eigenvalue weighted by molar-refractivity contribution is 5.80. The van der Waals surface area contributed by atoms with Crippen LogP contribution in [0, 0.1) is 11.8 Å². The van der Waals surface area contributed by atoms with Crippen LogP contribution < -0.4 is 0 Å². The van der Waals surface area contributed by atoms with Gasteiger partial charge in [0.1, 0.15) is 0 Å². The molecule has 1 aliphatic carbocycles. The van der Waals surface area contributed by atoms with Gasteiger partial charge in [-0.25, -0.2) is 0 Å². The Morgan fingerprint density at radius 1 is 1.00 bits per heavy atom. The second kappa shape index (κ2) is 9.03. The summed E-state index contributed by atoms with van der Waals surface area (Å²) < 4.78 is 38.5. The lowest BCUT2D eigenvalue weighted by atomic mass is 9.97. The number of likely N-dealkylation sites (tertiary alicyclic amines) is 1. The number of carbonyl (C=O) groups excluding carboxylic acids is 1. The quantitative estimate of drug-likeness (QED) is 0.601. The van der Waals surface area contributed by atoms with Gasteiger partial charge in [-0.1, -0.05) is 42.5 Å². The predicted octanol–water partition coefficient (Wildman–Crippen LogP) is 4.79. The first-order chi connectivity index (χ1) is 14.8. The lowest BCUT2D eigenvalue weighted by Gasteiger charge is -2.40. The third-order valence-corrected chi connectivity index (χ3v) is 6.30. The van der Waals surface area contributed by atoms with Crippen LogP contribution in [0.3, 0.4) is 0 Å². The maximum atomic E-state index is 12.8. The standard InChI is InChI=1S/C25H29F3N2O/c1-29(14-20-11-12-20)24(31)22-16-30(17-22)15-21-9-6-18(7-10-21)5-8-19-3-2-4-23(13-19)25(26,27)28/h2-4,6-7,9-10,13,20,22H,5,8,11-12,14-17H2,1H3. The Hall–Kier alpha value is -2.34. The molecule has 31 heavy (non-hydrogen) atoms. The van der Waals surface area contributed by atoms with Crippen molar-refractivity contribution in [2.75, 3.05) is 26.7 Å². The van der Waals surface area contributed by atoms with Gasteiger partial charge in [0.05, 0.1) is 11.5 Å². The Balaban J connectivity index is 1.22. The van der Waals surface area contributed by atoms with Gasteiger partial charge < -0.3 is 4.90 Å². The first kappa shape index (κ1) is 21.9. The molecule has 1 heterocycles. The van der Waals surface area contributed by atoms with E-state index < -0.39 is 11.7 Å². The Kier molecular flexibility index (Phi) is 6.37. The molecule has 2 aromatic carbocycles. The van der Waals surface area contributed by atoms with Crippen molar-refractivity contribution in [2.45, 2.75) is 38.4 Å². The van der Waals surface area contributed by atoms with Crippen molar-refractivity contribution in [2.24, 2.45) is 11.8 Å². The molecule has 3 nitrogen and oxygen atoms in total. The van der Waals surface area contributed by atoms with Crippen molar-refractivity contribution in [3.63, 3.8) is 0 Å². The summed E-state index contributed by atoms with van der Waals surface area (Å²) in [5.41, 5.74) is 2.41. The lowest BCUT2D eigenvalue weighted by Crippen LogP contribution is -2.53. The number of halogens is 3. The minimum atomic E-state index is -4.30. The summed E-state index contributed by atoms with van der Waals surface area (Å²) in [6, 6.07) is 13.8. The fraction of sp³-hybridized carbons (Fsp3) is 0.480. The number of hydrogen-bond acceptors (Lipinski definition) is 2. The molecule has 2 fully saturated rings. The molecule has 4 rings (SSSR count). The number of benzene rings is 2. The highest BCUT2D eigenvalue weighted by Gasteiger charge is 2.35. The van der Waals surface area contributed by atoms with Crippen LogP contribution in [0.1, 0.15) is 35.1 Å². The molecular weight excluding hydrogens is 401 g/mol. The number of hydrogen-bond donors (Lipinski definition) is 0. The van der Waals surface area contributed by atoms with E-state index in [-0.39, 0.29) is 11.8 Å². The molecule has 1 saturated heterocycles. The topological polar surface area (TPSA) is 23.6 Å². The zero-order valence-electron chi connectivity index (χ0n) is 17.9. The first-order valence-corrected chi connectivity index (χ1v) is 11.0. The summed E-state index contributed by atoms with van der Waals surface area (Å²) in [4.78, 5) is 16.6. The van der Waals surface area contributed by atoms with Gasteiger partial charge >= 0.3 is 6.18 Å². The van der Waals surface area contributed by atoms with Gasteiger partial charge in [0, 0.05) is 33.2 Å². The fourth-order valence-electron chi connectivity index (χ4n) is 4.21. The molecule has 0 radical (unpaired) electrons. The summed E-state index contributed by atoms with van der Waals surface area (Å²) in [6.45, 7) is 3.34. The van der Waals surface area contributed by atoms with Crippen LogP contribution in [-0.2, 0) is 30.4 Å². The molecule has 0 aromatic heterocycles.